The van der Waals surface area contributed by atoms with Crippen molar-refractivity contribution < 1.29 is 9.53 Å². The van der Waals surface area contributed by atoms with Crippen LogP contribution in [0.15, 0.2) is 11.4 Å². The molecule has 0 saturated heterocycles. The summed E-state index contributed by atoms with van der Waals surface area (Å²) in [5, 5.41) is 11.8. The van der Waals surface area contributed by atoms with Crippen molar-refractivity contribution in [3.8, 4) is 0 Å². The van der Waals surface area contributed by atoms with E-state index in [-0.39, 0.29) is 5.84 Å². The van der Waals surface area contributed by atoms with E-state index in [9.17, 15) is 4.79 Å². The van der Waals surface area contributed by atoms with Gasteiger partial charge in [-0.25, -0.2) is 4.79 Å². The lowest BCUT2D eigenvalue weighted by atomic mass is 10.2. The van der Waals surface area contributed by atoms with Crippen molar-refractivity contribution in [3.63, 3.8) is 0 Å². The second-order valence-electron chi connectivity index (χ2n) is 4.89. The minimum absolute atomic E-state index is 0.0672. The molecule has 0 aliphatic rings. The molecular weight excluding hydrogens is 250 g/mol. The third-order valence-electron chi connectivity index (χ3n) is 2.00. The zero-order chi connectivity index (χ0) is 13.8. The topological polar surface area (TPSA) is 88.2 Å². The summed E-state index contributed by atoms with van der Waals surface area (Å²) in [5.41, 5.74) is 5.63. The zero-order valence-electron chi connectivity index (χ0n) is 10.9. The summed E-state index contributed by atoms with van der Waals surface area (Å²) in [6.45, 7) is 5.98. The first kappa shape index (κ1) is 14.5. The number of alkyl carbamates (subject to hydrolysis) is 1. The zero-order valence-corrected chi connectivity index (χ0v) is 11.7. The van der Waals surface area contributed by atoms with Crippen LogP contribution in [0.1, 0.15) is 31.2 Å². The second kappa shape index (κ2) is 5.86. The van der Waals surface area contributed by atoms with Crippen LogP contribution in [-0.2, 0) is 11.2 Å². The maximum atomic E-state index is 11.4. The fourth-order valence-electron chi connectivity index (χ4n) is 1.25. The highest BCUT2D eigenvalue weighted by molar-refractivity contribution is 7.10. The first-order chi connectivity index (χ1) is 8.28. The van der Waals surface area contributed by atoms with E-state index in [1.165, 1.54) is 11.3 Å². The number of hydrogen-bond donors (Lipinski definition) is 3. The summed E-state index contributed by atoms with van der Waals surface area (Å²) in [6.07, 6.45) is 0.294. The van der Waals surface area contributed by atoms with E-state index < -0.39 is 11.7 Å². The van der Waals surface area contributed by atoms with Gasteiger partial charge < -0.3 is 15.8 Å². The quantitative estimate of drug-likeness (QED) is 0.577. The summed E-state index contributed by atoms with van der Waals surface area (Å²) in [6, 6.07) is 1.86. The third-order valence-corrected chi connectivity index (χ3v) is 3.00. The van der Waals surface area contributed by atoms with Crippen LogP contribution in [-0.4, -0.2) is 24.1 Å². The molecule has 18 heavy (non-hydrogen) atoms. The lowest BCUT2D eigenvalue weighted by Gasteiger charge is -2.19. The predicted octanol–water partition coefficient (Wildman–Crippen LogP) is 2.10. The number of nitrogens with two attached hydrogens (primary N) is 1. The molecule has 0 unspecified atom stereocenters. The van der Waals surface area contributed by atoms with Crippen molar-refractivity contribution in [2.75, 3.05) is 6.54 Å². The highest BCUT2D eigenvalue weighted by Gasteiger charge is 2.15. The van der Waals surface area contributed by atoms with Gasteiger partial charge in [-0.2, -0.15) is 0 Å². The highest BCUT2D eigenvalue weighted by Crippen LogP contribution is 2.14. The molecule has 0 atom stereocenters. The molecule has 0 aliphatic carbocycles. The molecule has 0 radical (unpaired) electrons. The van der Waals surface area contributed by atoms with Crippen molar-refractivity contribution in [3.05, 3.63) is 21.9 Å². The molecule has 0 bridgehead atoms. The van der Waals surface area contributed by atoms with Gasteiger partial charge in [0.15, 0.2) is 0 Å². The molecule has 4 N–H and O–H groups in total. The van der Waals surface area contributed by atoms with Gasteiger partial charge in [-0.15, -0.1) is 11.3 Å². The average molecular weight is 269 g/mol. The van der Waals surface area contributed by atoms with Crippen LogP contribution in [0.4, 0.5) is 4.79 Å². The molecule has 6 heteroatoms. The predicted molar refractivity (Wildman–Crippen MR) is 73.3 cm³/mol. The Hall–Kier alpha value is -1.56. The normalized spacial score (nSPS) is 11.1. The molecule has 100 valence electrons. The summed E-state index contributed by atoms with van der Waals surface area (Å²) in [7, 11) is 0. The van der Waals surface area contributed by atoms with E-state index in [0.29, 0.717) is 13.0 Å². The monoisotopic (exact) mass is 269 g/mol. The molecule has 1 aromatic heterocycles. The molecule has 0 spiro atoms. The molecule has 0 fully saturated rings. The van der Waals surface area contributed by atoms with Crippen molar-refractivity contribution in [1.82, 2.24) is 5.32 Å². The van der Waals surface area contributed by atoms with Crippen molar-refractivity contribution in [1.29, 1.82) is 5.41 Å². The van der Waals surface area contributed by atoms with Crippen molar-refractivity contribution in [2.45, 2.75) is 32.8 Å². The molecule has 0 aliphatic heterocycles. The molecule has 1 amide bonds. The first-order valence-electron chi connectivity index (χ1n) is 5.66. The Labute approximate surface area is 111 Å². The van der Waals surface area contributed by atoms with Crippen LogP contribution in [0.3, 0.4) is 0 Å². The summed E-state index contributed by atoms with van der Waals surface area (Å²) in [4.78, 5) is 12.5. The number of hydrogen-bond acceptors (Lipinski definition) is 4. The van der Waals surface area contributed by atoms with E-state index >= 15 is 0 Å². The number of ether oxygens (including phenoxy) is 1. The molecule has 1 aromatic rings. The molecule has 0 aromatic carbocycles. The van der Waals surface area contributed by atoms with Gasteiger partial charge >= 0.3 is 6.09 Å². The Kier molecular flexibility index (Phi) is 4.72. The number of carbonyl (C=O) groups is 1. The van der Waals surface area contributed by atoms with Crippen LogP contribution in [0.25, 0.3) is 0 Å². The smallest absolute Gasteiger partial charge is 0.407 e. The Bertz CT molecular complexity index is 435. The number of carbonyl (C=O) groups excluding carboxylic acids is 1. The molecular formula is C12H19N3O2S. The van der Waals surface area contributed by atoms with E-state index in [1.807, 2.05) is 32.2 Å². The lowest BCUT2D eigenvalue weighted by molar-refractivity contribution is 0.0528. The Morgan fingerprint density at radius 1 is 1.56 bits per heavy atom. The molecule has 1 rings (SSSR count). The van der Waals surface area contributed by atoms with Gasteiger partial charge in [-0.3, -0.25) is 5.41 Å². The number of amidine groups is 1. The number of nitrogen functional groups attached to an aromatic ring is 1. The summed E-state index contributed by atoms with van der Waals surface area (Å²) in [5.74, 6) is 0.0672. The van der Waals surface area contributed by atoms with Gasteiger partial charge in [0.25, 0.3) is 0 Å². The lowest BCUT2D eigenvalue weighted by Crippen LogP contribution is -2.33. The van der Waals surface area contributed by atoms with Crippen molar-refractivity contribution >= 4 is 23.3 Å². The first-order valence-corrected chi connectivity index (χ1v) is 6.54. The second-order valence-corrected chi connectivity index (χ2v) is 5.89. The van der Waals surface area contributed by atoms with Gasteiger partial charge in [0.2, 0.25) is 0 Å². The minimum atomic E-state index is -0.477. The van der Waals surface area contributed by atoms with Crippen LogP contribution in [0, 0.1) is 5.41 Å². The largest absolute Gasteiger partial charge is 0.444 e. The standard InChI is InChI=1S/C12H19N3O2S/c1-12(2,3)17-11(16)15-5-4-9-6-8(7-18-9)10(13)14/h6-7H,4-5H2,1-3H3,(H3,13,14)(H,15,16). The third kappa shape index (κ3) is 5.18. The van der Waals surface area contributed by atoms with E-state index in [0.717, 1.165) is 10.4 Å². The van der Waals surface area contributed by atoms with E-state index in [4.69, 9.17) is 15.9 Å². The Balaban J connectivity index is 2.33. The Morgan fingerprint density at radius 3 is 2.72 bits per heavy atom. The number of rotatable bonds is 4. The minimum Gasteiger partial charge on any atom is -0.444 e. The van der Waals surface area contributed by atoms with E-state index in [2.05, 4.69) is 5.32 Å². The maximum absolute atomic E-state index is 11.4. The van der Waals surface area contributed by atoms with E-state index in [1.54, 1.807) is 0 Å². The summed E-state index contributed by atoms with van der Waals surface area (Å²) < 4.78 is 5.12. The number of amides is 1. The number of nitrogens with one attached hydrogen (secondary N) is 2. The van der Waals surface area contributed by atoms with Gasteiger partial charge in [0.1, 0.15) is 11.4 Å². The van der Waals surface area contributed by atoms with Gasteiger partial charge in [0, 0.05) is 22.4 Å². The average Bonchev–Trinajstić information content (AvgIpc) is 2.63. The fourth-order valence-corrected chi connectivity index (χ4v) is 2.14. The van der Waals surface area contributed by atoms with Crippen LogP contribution in [0.5, 0.6) is 0 Å². The highest BCUT2D eigenvalue weighted by atomic mass is 32.1. The fraction of sp³-hybridized carbons (Fsp3) is 0.500. The molecule has 0 saturated carbocycles. The number of thiophene rings is 1. The van der Waals surface area contributed by atoms with Crippen LogP contribution < -0.4 is 11.1 Å². The molecule has 5 nitrogen and oxygen atoms in total. The maximum Gasteiger partial charge on any atom is 0.407 e. The van der Waals surface area contributed by atoms with Crippen molar-refractivity contribution in [2.24, 2.45) is 5.73 Å². The molecule has 1 heterocycles. The van der Waals surface area contributed by atoms with Gasteiger partial charge in [-0.1, -0.05) is 0 Å². The van der Waals surface area contributed by atoms with Crippen LogP contribution in [0.2, 0.25) is 0 Å². The van der Waals surface area contributed by atoms with Gasteiger partial charge in [-0.05, 0) is 33.3 Å². The summed E-state index contributed by atoms with van der Waals surface area (Å²) >= 11 is 1.53. The van der Waals surface area contributed by atoms with Gasteiger partial charge in [0.05, 0.1) is 0 Å². The van der Waals surface area contributed by atoms with Crippen LogP contribution >= 0.6 is 11.3 Å². The SMILES string of the molecule is CC(C)(C)OC(=O)NCCc1cc(C(=N)N)cs1. The Morgan fingerprint density at radius 2 is 2.22 bits per heavy atom.